The van der Waals surface area contributed by atoms with Crippen LogP contribution in [0.3, 0.4) is 0 Å². The van der Waals surface area contributed by atoms with E-state index in [4.69, 9.17) is 12.2 Å². The predicted molar refractivity (Wildman–Crippen MR) is 110 cm³/mol. The van der Waals surface area contributed by atoms with Gasteiger partial charge in [-0.05, 0) is 43.5 Å². The quantitative estimate of drug-likeness (QED) is 0.540. The Hall–Kier alpha value is -3.25. The average Bonchev–Trinajstić information content (AvgIpc) is 2.99. The van der Waals surface area contributed by atoms with Crippen LogP contribution in [0, 0.1) is 21.8 Å². The molecule has 2 aromatic heterocycles. The lowest BCUT2D eigenvalue weighted by atomic mass is 9.93. The van der Waals surface area contributed by atoms with Gasteiger partial charge in [0, 0.05) is 24.7 Å². The van der Waals surface area contributed by atoms with E-state index in [0.717, 1.165) is 19.3 Å². The molecule has 1 aliphatic carbocycles. The topological polar surface area (TPSA) is 98.5 Å². The lowest BCUT2D eigenvalue weighted by Gasteiger charge is -2.28. The Kier molecular flexibility index (Phi) is 5.27. The van der Waals surface area contributed by atoms with Crippen molar-refractivity contribution in [1.29, 1.82) is 5.26 Å². The van der Waals surface area contributed by atoms with Gasteiger partial charge in [0.25, 0.3) is 5.91 Å². The van der Waals surface area contributed by atoms with Crippen LogP contribution in [0.15, 0.2) is 30.6 Å². The Bertz CT molecular complexity index is 1160. The van der Waals surface area contributed by atoms with E-state index in [0.29, 0.717) is 51.8 Å². The third-order valence-corrected chi connectivity index (χ3v) is 5.44. The number of benzene rings is 1. The molecule has 0 spiro atoms. The Morgan fingerprint density at radius 3 is 2.79 bits per heavy atom. The maximum absolute atomic E-state index is 13.0. The molecular weight excluding hydrogens is 391 g/mol. The monoisotopic (exact) mass is 410 g/mol. The zero-order valence-corrected chi connectivity index (χ0v) is 16.4. The zero-order valence-electron chi connectivity index (χ0n) is 15.5. The number of aromatic nitrogens is 3. The molecule has 1 aromatic carbocycles. The van der Waals surface area contributed by atoms with Gasteiger partial charge in [-0.25, -0.2) is 9.37 Å². The third kappa shape index (κ3) is 3.71. The SMILES string of the molecule is N#Cc1c(NC2CCC2)n(CCNC(=O)c2ccc(F)cc2)c2c(=S)nc[nH]c12. The first-order chi connectivity index (χ1) is 14.1. The van der Waals surface area contributed by atoms with E-state index in [1.807, 2.05) is 4.57 Å². The molecule has 3 N–H and O–H groups in total. The molecule has 4 rings (SSSR count). The summed E-state index contributed by atoms with van der Waals surface area (Å²) in [6.45, 7) is 0.719. The third-order valence-electron chi connectivity index (χ3n) is 5.14. The summed E-state index contributed by atoms with van der Waals surface area (Å²) in [6, 6.07) is 7.95. The number of hydrogen-bond donors (Lipinski definition) is 3. The minimum absolute atomic E-state index is 0.293. The van der Waals surface area contributed by atoms with Gasteiger partial charge in [-0.15, -0.1) is 0 Å². The maximum Gasteiger partial charge on any atom is 0.251 e. The van der Waals surface area contributed by atoms with Crippen molar-refractivity contribution in [2.75, 3.05) is 11.9 Å². The normalized spacial score (nSPS) is 13.7. The van der Waals surface area contributed by atoms with Crippen molar-refractivity contribution in [2.24, 2.45) is 0 Å². The molecule has 3 aromatic rings. The fourth-order valence-corrected chi connectivity index (χ4v) is 3.68. The van der Waals surface area contributed by atoms with Gasteiger partial charge in [0.05, 0.1) is 11.8 Å². The average molecular weight is 410 g/mol. The number of nitriles is 1. The van der Waals surface area contributed by atoms with Crippen LogP contribution >= 0.6 is 12.2 Å². The van der Waals surface area contributed by atoms with E-state index in [9.17, 15) is 14.4 Å². The first-order valence-corrected chi connectivity index (χ1v) is 9.79. The number of halogens is 1. The molecule has 0 aliphatic heterocycles. The Balaban J connectivity index is 1.60. The summed E-state index contributed by atoms with van der Waals surface area (Å²) >= 11 is 5.40. The van der Waals surface area contributed by atoms with Crippen molar-refractivity contribution in [3.8, 4) is 6.07 Å². The van der Waals surface area contributed by atoms with Crippen molar-refractivity contribution in [3.05, 3.63) is 52.2 Å². The highest BCUT2D eigenvalue weighted by atomic mass is 32.1. The smallest absolute Gasteiger partial charge is 0.251 e. The number of nitrogens with zero attached hydrogens (tertiary/aromatic N) is 3. The van der Waals surface area contributed by atoms with Crippen LogP contribution in [-0.4, -0.2) is 33.0 Å². The molecule has 29 heavy (non-hydrogen) atoms. The van der Waals surface area contributed by atoms with E-state index in [-0.39, 0.29) is 5.91 Å². The van der Waals surface area contributed by atoms with Crippen LogP contribution in [0.25, 0.3) is 11.0 Å². The summed E-state index contributed by atoms with van der Waals surface area (Å²) in [5.74, 6) is 0.00941. The molecule has 7 nitrogen and oxygen atoms in total. The molecule has 0 unspecified atom stereocenters. The highest BCUT2D eigenvalue weighted by molar-refractivity contribution is 7.71. The lowest BCUT2D eigenvalue weighted by Crippen LogP contribution is -2.30. The van der Waals surface area contributed by atoms with Gasteiger partial charge in [-0.3, -0.25) is 4.79 Å². The zero-order chi connectivity index (χ0) is 20.4. The number of anilines is 1. The Morgan fingerprint density at radius 1 is 1.38 bits per heavy atom. The molecule has 1 fully saturated rings. The van der Waals surface area contributed by atoms with Crippen molar-refractivity contribution < 1.29 is 9.18 Å². The van der Waals surface area contributed by atoms with Crippen LogP contribution in [0.4, 0.5) is 10.2 Å². The van der Waals surface area contributed by atoms with E-state index in [2.05, 4.69) is 26.7 Å². The Morgan fingerprint density at radius 2 is 2.14 bits per heavy atom. The van der Waals surface area contributed by atoms with E-state index in [1.54, 1.807) is 0 Å². The van der Waals surface area contributed by atoms with E-state index >= 15 is 0 Å². The molecule has 0 atom stereocenters. The minimum Gasteiger partial charge on any atom is -0.368 e. The van der Waals surface area contributed by atoms with Gasteiger partial charge in [-0.2, -0.15) is 5.26 Å². The summed E-state index contributed by atoms with van der Waals surface area (Å²) in [5, 5.41) is 16.0. The molecule has 0 bridgehead atoms. The second kappa shape index (κ2) is 8.01. The second-order valence-corrected chi connectivity index (χ2v) is 7.34. The number of nitrogens with one attached hydrogen (secondary N) is 3. The summed E-state index contributed by atoms with van der Waals surface area (Å²) in [5.41, 5.74) is 2.18. The predicted octanol–water partition coefficient (Wildman–Crippen LogP) is 3.50. The molecule has 0 saturated heterocycles. The number of carbonyl (C=O) groups excluding carboxylic acids is 1. The van der Waals surface area contributed by atoms with Crippen LogP contribution < -0.4 is 10.6 Å². The molecule has 1 amide bonds. The molecule has 2 heterocycles. The van der Waals surface area contributed by atoms with E-state index < -0.39 is 5.82 Å². The largest absolute Gasteiger partial charge is 0.368 e. The summed E-state index contributed by atoms with van der Waals surface area (Å²) in [6.07, 6.45) is 4.75. The van der Waals surface area contributed by atoms with Crippen LogP contribution in [0.1, 0.15) is 35.2 Å². The van der Waals surface area contributed by atoms with Crippen LogP contribution in [-0.2, 0) is 6.54 Å². The second-order valence-electron chi connectivity index (χ2n) is 6.95. The molecular formula is C20H19FN6OS. The first-order valence-electron chi connectivity index (χ1n) is 9.38. The number of fused-ring (bicyclic) bond motifs is 1. The van der Waals surface area contributed by atoms with Gasteiger partial charge in [-0.1, -0.05) is 12.2 Å². The fraction of sp³-hybridized carbons (Fsp3) is 0.300. The number of amides is 1. The van der Waals surface area contributed by atoms with Crippen LogP contribution in [0.5, 0.6) is 0 Å². The van der Waals surface area contributed by atoms with Gasteiger partial charge < -0.3 is 20.2 Å². The standard InChI is InChI=1S/C20H19FN6OS/c21-13-6-4-12(5-7-13)19(28)23-8-9-27-17-16(24-11-25-20(17)29)15(10-22)18(27)26-14-2-1-3-14/h4-7,11,14,26H,1-3,8-9H2,(H,23,28)(H,24,25,29). The van der Waals surface area contributed by atoms with Gasteiger partial charge in [0.2, 0.25) is 0 Å². The lowest BCUT2D eigenvalue weighted by molar-refractivity contribution is 0.0952. The van der Waals surface area contributed by atoms with E-state index in [1.165, 1.54) is 30.6 Å². The first kappa shape index (κ1) is 19.1. The van der Waals surface area contributed by atoms with Crippen molar-refractivity contribution in [2.45, 2.75) is 31.8 Å². The number of H-pyrrole nitrogens is 1. The van der Waals surface area contributed by atoms with Gasteiger partial charge >= 0.3 is 0 Å². The number of carbonyl (C=O) groups is 1. The summed E-state index contributed by atoms with van der Waals surface area (Å²) in [4.78, 5) is 19.5. The number of aromatic amines is 1. The molecule has 148 valence electrons. The minimum atomic E-state index is -0.391. The maximum atomic E-state index is 13.0. The molecule has 1 saturated carbocycles. The summed E-state index contributed by atoms with van der Waals surface area (Å²) in [7, 11) is 0. The van der Waals surface area contributed by atoms with Crippen molar-refractivity contribution in [3.63, 3.8) is 0 Å². The highest BCUT2D eigenvalue weighted by Gasteiger charge is 2.24. The highest BCUT2D eigenvalue weighted by Crippen LogP contribution is 2.32. The van der Waals surface area contributed by atoms with Crippen LogP contribution in [0.2, 0.25) is 0 Å². The Labute approximate surface area is 171 Å². The van der Waals surface area contributed by atoms with Crippen molar-refractivity contribution in [1.82, 2.24) is 19.9 Å². The fourth-order valence-electron chi connectivity index (χ4n) is 3.41. The molecule has 0 radical (unpaired) electrons. The molecule has 1 aliphatic rings. The van der Waals surface area contributed by atoms with Crippen molar-refractivity contribution >= 4 is 35.0 Å². The number of hydrogen-bond acceptors (Lipinski definition) is 5. The van der Waals surface area contributed by atoms with Gasteiger partial charge in [0.15, 0.2) is 4.64 Å². The number of rotatable bonds is 6. The van der Waals surface area contributed by atoms with Gasteiger partial charge in [0.1, 0.15) is 28.8 Å². The summed E-state index contributed by atoms with van der Waals surface area (Å²) < 4.78 is 15.3. The molecule has 9 heteroatoms.